The number of hydrogen-bond donors (Lipinski definition) is 0. The van der Waals surface area contributed by atoms with E-state index in [0.717, 1.165) is 5.56 Å². The standard InChI is InChI=1S/C9H11N3O2S/c1-3-12-7-6(5-14-9(12)13)4-10-8(11-7)15-2/h4H,3,5H2,1-2H3. The van der Waals surface area contributed by atoms with Crippen molar-refractivity contribution in [2.75, 3.05) is 17.7 Å². The van der Waals surface area contributed by atoms with Crippen LogP contribution in [0.5, 0.6) is 0 Å². The molecule has 0 aliphatic carbocycles. The van der Waals surface area contributed by atoms with Gasteiger partial charge in [0.2, 0.25) is 0 Å². The van der Waals surface area contributed by atoms with Crippen molar-refractivity contribution < 1.29 is 9.53 Å². The number of cyclic esters (lactones) is 1. The van der Waals surface area contributed by atoms with E-state index in [1.807, 2.05) is 13.2 Å². The third-order valence-electron chi connectivity index (χ3n) is 2.15. The molecule has 0 fully saturated rings. The molecule has 0 spiro atoms. The van der Waals surface area contributed by atoms with E-state index in [2.05, 4.69) is 9.97 Å². The van der Waals surface area contributed by atoms with E-state index in [1.165, 1.54) is 16.7 Å². The van der Waals surface area contributed by atoms with E-state index in [-0.39, 0.29) is 12.7 Å². The summed E-state index contributed by atoms with van der Waals surface area (Å²) in [5, 5.41) is 0.668. The SMILES string of the molecule is CCN1C(=O)OCc2cnc(SC)nc21. The van der Waals surface area contributed by atoms with Crippen molar-refractivity contribution >= 4 is 23.7 Å². The first-order valence-electron chi connectivity index (χ1n) is 4.60. The van der Waals surface area contributed by atoms with Crippen molar-refractivity contribution in [3.8, 4) is 0 Å². The molecule has 6 heteroatoms. The van der Waals surface area contributed by atoms with Crippen molar-refractivity contribution in [2.24, 2.45) is 0 Å². The van der Waals surface area contributed by atoms with Crippen LogP contribution in [-0.2, 0) is 11.3 Å². The molecule has 1 aliphatic rings. The smallest absolute Gasteiger partial charge is 0.415 e. The molecule has 2 rings (SSSR count). The maximum atomic E-state index is 11.4. The van der Waals surface area contributed by atoms with Gasteiger partial charge in [-0.15, -0.1) is 0 Å². The minimum absolute atomic E-state index is 0.263. The first-order chi connectivity index (χ1) is 7.26. The maximum Gasteiger partial charge on any atom is 0.415 e. The first kappa shape index (κ1) is 10.2. The van der Waals surface area contributed by atoms with Gasteiger partial charge in [-0.1, -0.05) is 11.8 Å². The Kier molecular flexibility index (Phi) is 2.77. The fourth-order valence-electron chi connectivity index (χ4n) is 1.40. The van der Waals surface area contributed by atoms with Gasteiger partial charge in [-0.25, -0.2) is 14.8 Å². The molecule has 1 aromatic heterocycles. The molecule has 0 radical (unpaired) electrons. The van der Waals surface area contributed by atoms with Crippen LogP contribution in [0.1, 0.15) is 12.5 Å². The molecule has 2 heterocycles. The predicted octanol–water partition coefficient (Wildman–Crippen LogP) is 1.68. The molecule has 5 nitrogen and oxygen atoms in total. The number of aromatic nitrogens is 2. The van der Waals surface area contributed by atoms with Crippen molar-refractivity contribution in [3.63, 3.8) is 0 Å². The normalized spacial score (nSPS) is 14.8. The van der Waals surface area contributed by atoms with Gasteiger partial charge in [0.1, 0.15) is 12.4 Å². The number of carbonyl (C=O) groups excluding carboxylic acids is 1. The maximum absolute atomic E-state index is 11.4. The van der Waals surface area contributed by atoms with Crippen molar-refractivity contribution in [2.45, 2.75) is 18.7 Å². The first-order valence-corrected chi connectivity index (χ1v) is 5.83. The summed E-state index contributed by atoms with van der Waals surface area (Å²) in [6, 6.07) is 0. The molecular weight excluding hydrogens is 214 g/mol. The molecule has 0 N–H and O–H groups in total. The second kappa shape index (κ2) is 4.06. The fraction of sp³-hybridized carbons (Fsp3) is 0.444. The van der Waals surface area contributed by atoms with Crippen LogP contribution in [0.2, 0.25) is 0 Å². The number of thioether (sulfide) groups is 1. The molecule has 80 valence electrons. The number of hydrogen-bond acceptors (Lipinski definition) is 5. The number of fused-ring (bicyclic) bond motifs is 1. The summed E-state index contributed by atoms with van der Waals surface area (Å²) in [6.45, 7) is 2.70. The second-order valence-corrected chi connectivity index (χ2v) is 3.78. The van der Waals surface area contributed by atoms with Gasteiger partial charge < -0.3 is 4.74 Å². The van der Waals surface area contributed by atoms with Crippen LogP contribution >= 0.6 is 11.8 Å². The lowest BCUT2D eigenvalue weighted by Crippen LogP contribution is -2.36. The van der Waals surface area contributed by atoms with Crippen LogP contribution in [-0.4, -0.2) is 28.9 Å². The monoisotopic (exact) mass is 225 g/mol. The molecule has 1 aliphatic heterocycles. The van der Waals surface area contributed by atoms with E-state index in [0.29, 0.717) is 17.5 Å². The van der Waals surface area contributed by atoms with E-state index in [1.54, 1.807) is 6.20 Å². The largest absolute Gasteiger partial charge is 0.444 e. The minimum atomic E-state index is -0.337. The van der Waals surface area contributed by atoms with E-state index >= 15 is 0 Å². The summed E-state index contributed by atoms with van der Waals surface area (Å²) in [4.78, 5) is 21.4. The zero-order valence-corrected chi connectivity index (χ0v) is 9.37. The van der Waals surface area contributed by atoms with Crippen LogP contribution < -0.4 is 4.90 Å². The summed E-state index contributed by atoms with van der Waals surface area (Å²) < 4.78 is 4.98. The summed E-state index contributed by atoms with van der Waals surface area (Å²) in [5.74, 6) is 0.674. The topological polar surface area (TPSA) is 55.3 Å². The Bertz CT molecular complexity index is 397. The van der Waals surface area contributed by atoms with E-state index < -0.39 is 0 Å². The minimum Gasteiger partial charge on any atom is -0.444 e. The molecule has 0 atom stereocenters. The van der Waals surface area contributed by atoms with E-state index in [4.69, 9.17) is 4.74 Å². The summed E-state index contributed by atoms with van der Waals surface area (Å²) in [6.07, 6.45) is 3.28. The lowest BCUT2D eigenvalue weighted by Gasteiger charge is -2.26. The van der Waals surface area contributed by atoms with Crippen molar-refractivity contribution in [1.29, 1.82) is 0 Å². The highest BCUT2D eigenvalue weighted by molar-refractivity contribution is 7.98. The van der Waals surface area contributed by atoms with Gasteiger partial charge in [-0.05, 0) is 13.2 Å². The van der Waals surface area contributed by atoms with Gasteiger partial charge in [0, 0.05) is 12.7 Å². The average Bonchev–Trinajstić information content (AvgIpc) is 2.28. The zero-order valence-electron chi connectivity index (χ0n) is 8.56. The third-order valence-corrected chi connectivity index (χ3v) is 2.71. The molecular formula is C9H11N3O2S. The Hall–Kier alpha value is -1.30. The molecule has 1 aromatic rings. The van der Waals surface area contributed by atoms with Gasteiger partial charge in [0.25, 0.3) is 0 Å². The highest BCUT2D eigenvalue weighted by Gasteiger charge is 2.26. The lowest BCUT2D eigenvalue weighted by molar-refractivity contribution is 0.141. The van der Waals surface area contributed by atoms with Gasteiger partial charge in [0.05, 0.1) is 5.56 Å². The number of amides is 1. The summed E-state index contributed by atoms with van der Waals surface area (Å²) in [5.41, 5.74) is 0.856. The molecule has 0 saturated carbocycles. The molecule has 0 aromatic carbocycles. The van der Waals surface area contributed by atoms with Gasteiger partial charge in [0.15, 0.2) is 5.16 Å². The second-order valence-electron chi connectivity index (χ2n) is 3.00. The van der Waals surface area contributed by atoms with Crippen LogP contribution in [0.4, 0.5) is 10.6 Å². The number of anilines is 1. The van der Waals surface area contributed by atoms with Gasteiger partial charge >= 0.3 is 6.09 Å². The van der Waals surface area contributed by atoms with Crippen LogP contribution in [0.3, 0.4) is 0 Å². The van der Waals surface area contributed by atoms with Crippen LogP contribution in [0.15, 0.2) is 11.4 Å². The number of ether oxygens (including phenoxy) is 1. The molecule has 0 bridgehead atoms. The Morgan fingerprint density at radius 1 is 1.67 bits per heavy atom. The highest BCUT2D eigenvalue weighted by Crippen LogP contribution is 2.25. The third kappa shape index (κ3) is 1.77. The Morgan fingerprint density at radius 2 is 2.47 bits per heavy atom. The van der Waals surface area contributed by atoms with E-state index in [9.17, 15) is 4.79 Å². The number of nitrogens with zero attached hydrogens (tertiary/aromatic N) is 3. The summed E-state index contributed by atoms with van der Waals surface area (Å²) in [7, 11) is 0. The number of carbonyl (C=O) groups is 1. The Labute approximate surface area is 91.8 Å². The van der Waals surface area contributed by atoms with Crippen molar-refractivity contribution in [1.82, 2.24) is 9.97 Å². The quantitative estimate of drug-likeness (QED) is 0.566. The highest BCUT2D eigenvalue weighted by atomic mass is 32.2. The number of rotatable bonds is 2. The Balaban J connectivity index is 2.45. The van der Waals surface area contributed by atoms with Gasteiger partial charge in [-0.3, -0.25) is 4.90 Å². The van der Waals surface area contributed by atoms with Gasteiger partial charge in [-0.2, -0.15) is 0 Å². The molecule has 15 heavy (non-hydrogen) atoms. The fourth-order valence-corrected chi connectivity index (χ4v) is 1.73. The van der Waals surface area contributed by atoms with Crippen LogP contribution in [0.25, 0.3) is 0 Å². The zero-order chi connectivity index (χ0) is 10.8. The summed E-state index contributed by atoms with van der Waals surface area (Å²) >= 11 is 1.45. The molecule has 0 saturated heterocycles. The predicted molar refractivity (Wildman–Crippen MR) is 57.0 cm³/mol. The van der Waals surface area contributed by atoms with Crippen molar-refractivity contribution in [3.05, 3.63) is 11.8 Å². The molecule has 0 unspecified atom stereocenters. The van der Waals surface area contributed by atoms with Crippen LogP contribution in [0, 0.1) is 0 Å². The Morgan fingerprint density at radius 3 is 3.13 bits per heavy atom. The lowest BCUT2D eigenvalue weighted by atomic mass is 10.3. The average molecular weight is 225 g/mol. The molecule has 1 amide bonds.